The molecule has 3 rings (SSSR count). The number of guanidine groups is 1. The number of nitrogens with one attached hydrogen (secondary N) is 2. The van der Waals surface area contributed by atoms with Gasteiger partial charge in [-0.3, -0.25) is 4.79 Å². The molecule has 2 aliphatic rings. The van der Waals surface area contributed by atoms with Gasteiger partial charge in [0.05, 0.1) is 12.6 Å². The molecule has 1 heterocycles. The molecule has 0 aromatic heterocycles. The number of hydrogen-bond acceptors (Lipinski definition) is 3. The zero-order valence-electron chi connectivity index (χ0n) is 18.4. The molecule has 0 radical (unpaired) electrons. The van der Waals surface area contributed by atoms with Crippen LogP contribution in [0.1, 0.15) is 63.0 Å². The summed E-state index contributed by atoms with van der Waals surface area (Å²) in [5.41, 5.74) is 2.34. The highest BCUT2D eigenvalue weighted by atomic mass is 127. The van der Waals surface area contributed by atoms with Crippen molar-refractivity contribution in [2.75, 3.05) is 26.2 Å². The van der Waals surface area contributed by atoms with Gasteiger partial charge in [0.1, 0.15) is 5.75 Å². The number of nitrogens with zero attached hydrogens (tertiary/aromatic N) is 2. The summed E-state index contributed by atoms with van der Waals surface area (Å²) in [4.78, 5) is 18.4. The predicted molar refractivity (Wildman–Crippen MR) is 133 cm³/mol. The summed E-state index contributed by atoms with van der Waals surface area (Å²) >= 11 is 0. The Morgan fingerprint density at radius 3 is 2.73 bits per heavy atom. The summed E-state index contributed by atoms with van der Waals surface area (Å²) in [6, 6.07) is 6.39. The molecule has 6 nitrogen and oxygen atoms in total. The van der Waals surface area contributed by atoms with Crippen molar-refractivity contribution in [3.8, 4) is 5.75 Å². The number of carbonyl (C=O) groups is 1. The van der Waals surface area contributed by atoms with E-state index in [1.807, 2.05) is 4.90 Å². The average molecular weight is 528 g/mol. The molecule has 168 valence electrons. The Bertz CT molecular complexity index is 704. The number of hydrogen-bond donors (Lipinski definition) is 2. The maximum atomic E-state index is 11.7. The van der Waals surface area contributed by atoms with Gasteiger partial charge in [0.15, 0.2) is 5.96 Å². The lowest BCUT2D eigenvalue weighted by Crippen LogP contribution is -2.39. The number of amides is 1. The number of ether oxygens (including phenoxy) is 1. The first kappa shape index (κ1) is 24.8. The third kappa shape index (κ3) is 7.63. The third-order valence-electron chi connectivity index (χ3n) is 5.64. The van der Waals surface area contributed by atoms with E-state index in [4.69, 9.17) is 9.73 Å². The molecule has 1 saturated heterocycles. The minimum atomic E-state index is 0. The number of aliphatic imine (C=N–C) groups is 1. The molecule has 2 N–H and O–H groups in total. The highest BCUT2D eigenvalue weighted by Crippen LogP contribution is 2.28. The Morgan fingerprint density at radius 2 is 2.03 bits per heavy atom. The first-order valence-electron chi connectivity index (χ1n) is 11.2. The van der Waals surface area contributed by atoms with Gasteiger partial charge in [-0.15, -0.1) is 24.0 Å². The minimum Gasteiger partial charge on any atom is -0.490 e. The molecule has 1 aromatic rings. The summed E-state index contributed by atoms with van der Waals surface area (Å²) in [5.74, 6) is 2.08. The van der Waals surface area contributed by atoms with E-state index >= 15 is 0 Å². The number of carbonyl (C=O) groups excluding carboxylic acids is 1. The molecule has 2 fully saturated rings. The summed E-state index contributed by atoms with van der Waals surface area (Å²) < 4.78 is 6.30. The van der Waals surface area contributed by atoms with Crippen LogP contribution in [0.5, 0.6) is 5.75 Å². The topological polar surface area (TPSA) is 66.0 Å². The second kappa shape index (κ2) is 13.0. The molecule has 7 heteroatoms. The molecule has 1 aliphatic heterocycles. The van der Waals surface area contributed by atoms with E-state index in [-0.39, 0.29) is 24.0 Å². The van der Waals surface area contributed by atoms with Crippen LogP contribution in [0.4, 0.5) is 0 Å². The summed E-state index contributed by atoms with van der Waals surface area (Å²) in [5, 5.41) is 6.71. The number of likely N-dealkylation sites (tertiary alicyclic amines) is 1. The molecule has 1 amide bonds. The van der Waals surface area contributed by atoms with Crippen LogP contribution >= 0.6 is 24.0 Å². The monoisotopic (exact) mass is 528 g/mol. The Hall–Kier alpha value is -1.51. The summed E-state index contributed by atoms with van der Waals surface area (Å²) in [6.45, 7) is 8.10. The van der Waals surface area contributed by atoms with Crippen molar-refractivity contribution in [1.82, 2.24) is 15.5 Å². The molecular weight excluding hydrogens is 491 g/mol. The molecule has 1 saturated carbocycles. The largest absolute Gasteiger partial charge is 0.490 e. The van der Waals surface area contributed by atoms with Crippen LogP contribution < -0.4 is 15.4 Å². The van der Waals surface area contributed by atoms with E-state index < -0.39 is 0 Å². The van der Waals surface area contributed by atoms with E-state index in [0.29, 0.717) is 25.0 Å². The molecule has 0 spiro atoms. The van der Waals surface area contributed by atoms with Gasteiger partial charge in [0.2, 0.25) is 5.91 Å². The third-order valence-corrected chi connectivity index (χ3v) is 5.64. The van der Waals surface area contributed by atoms with Crippen LogP contribution in [0.25, 0.3) is 0 Å². The Morgan fingerprint density at radius 1 is 1.23 bits per heavy atom. The van der Waals surface area contributed by atoms with Gasteiger partial charge < -0.3 is 20.3 Å². The second-order valence-corrected chi connectivity index (χ2v) is 8.10. The highest BCUT2D eigenvalue weighted by molar-refractivity contribution is 14.0. The SMILES string of the molecule is CCNC(=NCc1ccc(C)cc1OC1CCCC1)NCCCN1CCCC1=O.I. The summed E-state index contributed by atoms with van der Waals surface area (Å²) in [7, 11) is 0. The Kier molecular flexibility index (Phi) is 10.7. The Balaban J connectivity index is 0.00000320. The van der Waals surface area contributed by atoms with Crippen LogP contribution in [-0.4, -0.2) is 49.0 Å². The molecule has 1 aliphatic carbocycles. The van der Waals surface area contributed by atoms with E-state index in [1.54, 1.807) is 0 Å². The van der Waals surface area contributed by atoms with Crippen LogP contribution in [-0.2, 0) is 11.3 Å². The fraction of sp³-hybridized carbons (Fsp3) is 0.652. The lowest BCUT2D eigenvalue weighted by molar-refractivity contribution is -0.127. The maximum absolute atomic E-state index is 11.7. The van der Waals surface area contributed by atoms with Gasteiger partial charge in [0, 0.05) is 38.2 Å². The second-order valence-electron chi connectivity index (χ2n) is 8.10. The molecule has 0 unspecified atom stereocenters. The maximum Gasteiger partial charge on any atom is 0.222 e. The van der Waals surface area contributed by atoms with Crippen LogP contribution in [0.3, 0.4) is 0 Å². The summed E-state index contributed by atoms with van der Waals surface area (Å²) in [6.07, 6.45) is 7.82. The normalized spacial score (nSPS) is 17.2. The smallest absolute Gasteiger partial charge is 0.222 e. The fourth-order valence-corrected chi connectivity index (χ4v) is 4.01. The lowest BCUT2D eigenvalue weighted by Gasteiger charge is -2.18. The fourth-order valence-electron chi connectivity index (χ4n) is 4.01. The molecule has 30 heavy (non-hydrogen) atoms. The van der Waals surface area contributed by atoms with E-state index in [1.165, 1.54) is 18.4 Å². The predicted octanol–water partition coefficient (Wildman–Crippen LogP) is 4.00. The van der Waals surface area contributed by atoms with Gasteiger partial charge in [-0.1, -0.05) is 12.1 Å². The van der Waals surface area contributed by atoms with Crippen molar-refractivity contribution in [2.45, 2.75) is 71.4 Å². The van der Waals surface area contributed by atoms with Crippen LogP contribution in [0, 0.1) is 6.92 Å². The average Bonchev–Trinajstić information content (AvgIpc) is 3.36. The first-order valence-corrected chi connectivity index (χ1v) is 11.2. The molecular formula is C23H37IN4O2. The van der Waals surface area contributed by atoms with Gasteiger partial charge in [-0.25, -0.2) is 4.99 Å². The van der Waals surface area contributed by atoms with Crippen LogP contribution in [0.15, 0.2) is 23.2 Å². The van der Waals surface area contributed by atoms with Crippen molar-refractivity contribution in [3.63, 3.8) is 0 Å². The lowest BCUT2D eigenvalue weighted by atomic mass is 10.1. The Labute approximate surface area is 198 Å². The number of rotatable bonds is 9. The zero-order valence-corrected chi connectivity index (χ0v) is 20.7. The van der Waals surface area contributed by atoms with Gasteiger partial charge >= 0.3 is 0 Å². The highest BCUT2D eigenvalue weighted by Gasteiger charge is 2.19. The van der Waals surface area contributed by atoms with Gasteiger partial charge in [0.25, 0.3) is 0 Å². The van der Waals surface area contributed by atoms with Crippen molar-refractivity contribution in [1.29, 1.82) is 0 Å². The minimum absolute atomic E-state index is 0. The van der Waals surface area contributed by atoms with Crippen molar-refractivity contribution < 1.29 is 9.53 Å². The van der Waals surface area contributed by atoms with Crippen molar-refractivity contribution in [3.05, 3.63) is 29.3 Å². The van der Waals surface area contributed by atoms with Crippen molar-refractivity contribution in [2.24, 2.45) is 4.99 Å². The molecule has 0 atom stereocenters. The quantitative estimate of drug-likeness (QED) is 0.220. The first-order chi connectivity index (χ1) is 14.2. The number of halogens is 1. The zero-order chi connectivity index (χ0) is 20.5. The standard InChI is InChI=1S/C23H36N4O2.HI/c1-3-24-23(25-13-7-15-27-14-6-10-22(27)28)26-17-19-12-11-18(2)16-21(19)29-20-8-4-5-9-20;/h11-12,16,20H,3-10,13-15,17H2,1-2H3,(H2,24,25,26);1H. The van der Waals surface area contributed by atoms with Gasteiger partial charge in [-0.05, 0) is 64.0 Å². The molecule has 0 bridgehead atoms. The number of benzene rings is 1. The van der Waals surface area contributed by atoms with E-state index in [9.17, 15) is 4.79 Å². The van der Waals surface area contributed by atoms with Crippen LogP contribution in [0.2, 0.25) is 0 Å². The van der Waals surface area contributed by atoms with Gasteiger partial charge in [-0.2, -0.15) is 0 Å². The number of aryl methyl sites for hydroxylation is 1. The van der Waals surface area contributed by atoms with E-state index in [2.05, 4.69) is 42.7 Å². The van der Waals surface area contributed by atoms with Crippen molar-refractivity contribution >= 4 is 35.8 Å². The van der Waals surface area contributed by atoms with E-state index in [0.717, 1.165) is 69.1 Å². The molecule has 1 aromatic carbocycles.